The third-order valence-electron chi connectivity index (χ3n) is 5.17. The molecule has 1 fully saturated rings. The molecule has 1 amide bonds. The predicted molar refractivity (Wildman–Crippen MR) is 115 cm³/mol. The molecule has 0 N–H and O–H groups in total. The van der Waals surface area contributed by atoms with Crippen LogP contribution in [0.5, 0.6) is 5.75 Å². The van der Waals surface area contributed by atoms with Crippen LogP contribution >= 0.6 is 0 Å². The van der Waals surface area contributed by atoms with Gasteiger partial charge in [0.2, 0.25) is 0 Å². The second kappa shape index (κ2) is 10.7. The number of nitrogens with zero attached hydrogens (tertiary/aromatic N) is 2. The van der Waals surface area contributed by atoms with E-state index in [0.29, 0.717) is 17.9 Å². The summed E-state index contributed by atoms with van der Waals surface area (Å²) >= 11 is 0. The van der Waals surface area contributed by atoms with Gasteiger partial charge in [-0.15, -0.1) is 0 Å². The Labute approximate surface area is 168 Å². The molecule has 4 heteroatoms. The Kier molecular flexibility index (Phi) is 7.68. The Hall–Kier alpha value is -2.59. The van der Waals surface area contributed by atoms with E-state index < -0.39 is 0 Å². The number of benzene rings is 2. The van der Waals surface area contributed by atoms with Gasteiger partial charge in [0.25, 0.3) is 5.91 Å². The van der Waals surface area contributed by atoms with Crippen LogP contribution in [-0.2, 0) is 0 Å². The number of piperidine rings is 1. The van der Waals surface area contributed by atoms with E-state index in [1.54, 1.807) is 7.11 Å². The zero-order chi connectivity index (χ0) is 19.6. The van der Waals surface area contributed by atoms with Gasteiger partial charge in [-0.05, 0) is 49.7 Å². The molecule has 0 radical (unpaired) electrons. The zero-order valence-corrected chi connectivity index (χ0v) is 16.7. The van der Waals surface area contributed by atoms with Gasteiger partial charge in [-0.3, -0.25) is 4.79 Å². The lowest BCUT2D eigenvalue weighted by Gasteiger charge is -2.29. The first kappa shape index (κ1) is 20.2. The number of methoxy groups -OCH3 is 1. The summed E-state index contributed by atoms with van der Waals surface area (Å²) in [6.07, 6.45) is 7.99. The van der Waals surface area contributed by atoms with Crippen LogP contribution in [0.3, 0.4) is 0 Å². The van der Waals surface area contributed by atoms with Gasteiger partial charge in [0.1, 0.15) is 5.75 Å². The molecule has 0 unspecified atom stereocenters. The first-order valence-corrected chi connectivity index (χ1v) is 10.1. The van der Waals surface area contributed by atoms with Crippen LogP contribution in [0.2, 0.25) is 0 Å². The Morgan fingerprint density at radius 2 is 1.86 bits per heavy atom. The summed E-state index contributed by atoms with van der Waals surface area (Å²) in [5.41, 5.74) is 1.82. The fourth-order valence-electron chi connectivity index (χ4n) is 3.54. The van der Waals surface area contributed by atoms with Crippen LogP contribution < -0.4 is 4.74 Å². The van der Waals surface area contributed by atoms with E-state index >= 15 is 0 Å². The zero-order valence-electron chi connectivity index (χ0n) is 16.7. The highest BCUT2D eigenvalue weighted by molar-refractivity contribution is 5.94. The maximum atomic E-state index is 13.1. The lowest BCUT2D eigenvalue weighted by molar-refractivity contribution is 0.0749. The monoisotopic (exact) mass is 378 g/mol. The molecular formula is C24H30N2O2. The highest BCUT2D eigenvalue weighted by atomic mass is 16.5. The van der Waals surface area contributed by atoms with E-state index in [4.69, 9.17) is 4.74 Å². The summed E-state index contributed by atoms with van der Waals surface area (Å²) in [7, 11) is 1.63. The molecule has 148 valence electrons. The van der Waals surface area contributed by atoms with Crippen LogP contribution in [-0.4, -0.2) is 55.5 Å². The summed E-state index contributed by atoms with van der Waals surface area (Å²) in [4.78, 5) is 17.5. The lowest BCUT2D eigenvalue weighted by Crippen LogP contribution is -2.40. The number of rotatable bonds is 8. The Balaban J connectivity index is 1.68. The van der Waals surface area contributed by atoms with Gasteiger partial charge < -0.3 is 14.5 Å². The minimum atomic E-state index is 0.0496. The van der Waals surface area contributed by atoms with Crippen molar-refractivity contribution < 1.29 is 9.53 Å². The van der Waals surface area contributed by atoms with Crippen molar-refractivity contribution >= 4 is 12.0 Å². The fourth-order valence-corrected chi connectivity index (χ4v) is 3.54. The average molecular weight is 379 g/mol. The maximum absolute atomic E-state index is 13.1. The number of amides is 1. The smallest absolute Gasteiger partial charge is 0.254 e. The normalized spacial score (nSPS) is 14.9. The van der Waals surface area contributed by atoms with Crippen molar-refractivity contribution in [2.75, 3.05) is 39.8 Å². The molecule has 2 aromatic carbocycles. The van der Waals surface area contributed by atoms with Crippen molar-refractivity contribution in [3.8, 4) is 5.75 Å². The molecule has 1 aliphatic heterocycles. The summed E-state index contributed by atoms with van der Waals surface area (Å²) in [6, 6.07) is 17.6. The number of likely N-dealkylation sites (tertiary alicyclic amines) is 1. The first-order valence-electron chi connectivity index (χ1n) is 10.1. The van der Waals surface area contributed by atoms with Crippen LogP contribution in [0, 0.1) is 0 Å². The van der Waals surface area contributed by atoms with E-state index in [-0.39, 0.29) is 5.91 Å². The van der Waals surface area contributed by atoms with Gasteiger partial charge in [0, 0.05) is 25.2 Å². The molecule has 0 saturated carbocycles. The Morgan fingerprint density at radius 3 is 2.61 bits per heavy atom. The summed E-state index contributed by atoms with van der Waals surface area (Å²) in [5.74, 6) is 0.760. The molecular weight excluding hydrogens is 348 g/mol. The molecule has 0 aliphatic carbocycles. The summed E-state index contributed by atoms with van der Waals surface area (Å²) < 4.78 is 5.29. The van der Waals surface area contributed by atoms with Gasteiger partial charge in [-0.2, -0.15) is 0 Å². The molecule has 1 aliphatic rings. The van der Waals surface area contributed by atoms with Crippen LogP contribution in [0.15, 0.2) is 60.7 Å². The van der Waals surface area contributed by atoms with E-state index in [9.17, 15) is 4.79 Å². The highest BCUT2D eigenvalue weighted by Gasteiger charge is 2.17. The number of hydrogen-bond donors (Lipinski definition) is 0. The predicted octanol–water partition coefficient (Wildman–Crippen LogP) is 4.34. The molecule has 28 heavy (non-hydrogen) atoms. The van der Waals surface area contributed by atoms with Crippen molar-refractivity contribution in [1.82, 2.24) is 9.80 Å². The largest absolute Gasteiger partial charge is 0.497 e. The van der Waals surface area contributed by atoms with Crippen molar-refractivity contribution in [1.29, 1.82) is 0 Å². The molecule has 4 nitrogen and oxygen atoms in total. The summed E-state index contributed by atoms with van der Waals surface area (Å²) in [5, 5.41) is 0. The second-order valence-corrected chi connectivity index (χ2v) is 7.20. The molecule has 0 bridgehead atoms. The van der Waals surface area contributed by atoms with Gasteiger partial charge in [0.05, 0.1) is 7.11 Å². The minimum Gasteiger partial charge on any atom is -0.497 e. The molecule has 0 aromatic heterocycles. The Morgan fingerprint density at radius 1 is 1.07 bits per heavy atom. The molecule has 0 spiro atoms. The van der Waals surface area contributed by atoms with Crippen molar-refractivity contribution in [2.24, 2.45) is 0 Å². The fraction of sp³-hybridized carbons (Fsp3) is 0.375. The molecule has 1 saturated heterocycles. The van der Waals surface area contributed by atoms with Crippen LogP contribution in [0.25, 0.3) is 6.08 Å². The molecule has 1 heterocycles. The van der Waals surface area contributed by atoms with E-state index in [1.165, 1.54) is 19.3 Å². The topological polar surface area (TPSA) is 32.8 Å². The highest BCUT2D eigenvalue weighted by Crippen LogP contribution is 2.15. The van der Waals surface area contributed by atoms with Crippen molar-refractivity contribution in [3.05, 3.63) is 71.8 Å². The van der Waals surface area contributed by atoms with Crippen molar-refractivity contribution in [3.63, 3.8) is 0 Å². The number of carbonyl (C=O) groups is 1. The van der Waals surface area contributed by atoms with Crippen molar-refractivity contribution in [2.45, 2.75) is 19.3 Å². The number of ether oxygens (including phenoxy) is 1. The van der Waals surface area contributed by atoms with E-state index in [1.807, 2.05) is 47.4 Å². The van der Waals surface area contributed by atoms with Gasteiger partial charge >= 0.3 is 0 Å². The van der Waals surface area contributed by atoms with Crippen LogP contribution in [0.1, 0.15) is 35.2 Å². The van der Waals surface area contributed by atoms with Gasteiger partial charge in [-0.1, -0.05) is 55.0 Å². The van der Waals surface area contributed by atoms with E-state index in [0.717, 1.165) is 31.7 Å². The second-order valence-electron chi connectivity index (χ2n) is 7.20. The molecule has 2 aromatic rings. The van der Waals surface area contributed by atoms with E-state index in [2.05, 4.69) is 29.2 Å². The third-order valence-corrected chi connectivity index (χ3v) is 5.17. The average Bonchev–Trinajstić information content (AvgIpc) is 2.77. The lowest BCUT2D eigenvalue weighted by atomic mass is 10.1. The number of carbonyl (C=O) groups excluding carboxylic acids is 1. The summed E-state index contributed by atoms with van der Waals surface area (Å²) in [6.45, 7) is 4.53. The SMILES string of the molecule is COc1cccc(C(=O)N(C/C=C/c2ccccc2)CCN2CCCCC2)c1. The first-order chi connectivity index (χ1) is 13.8. The van der Waals surface area contributed by atoms with Gasteiger partial charge in [0.15, 0.2) is 0 Å². The molecule has 3 rings (SSSR count). The maximum Gasteiger partial charge on any atom is 0.254 e. The van der Waals surface area contributed by atoms with Gasteiger partial charge in [-0.25, -0.2) is 0 Å². The Bertz CT molecular complexity index is 767. The minimum absolute atomic E-state index is 0.0496. The quantitative estimate of drug-likeness (QED) is 0.685. The molecule has 0 atom stereocenters. The number of hydrogen-bond acceptors (Lipinski definition) is 3. The standard InChI is InChI=1S/C24H30N2O2/c1-28-23-14-8-13-22(20-23)24(27)26(19-18-25-15-6-3-7-16-25)17-9-12-21-10-4-2-5-11-21/h2,4-5,8-14,20H,3,6-7,15-19H2,1H3/b12-9+. The van der Waals surface area contributed by atoms with Crippen LogP contribution in [0.4, 0.5) is 0 Å². The third kappa shape index (κ3) is 5.96.